The lowest BCUT2D eigenvalue weighted by Gasteiger charge is -2.33. The second-order valence-electron chi connectivity index (χ2n) is 4.26. The zero-order valence-corrected chi connectivity index (χ0v) is 8.85. The van der Waals surface area contributed by atoms with Crippen molar-refractivity contribution in [2.24, 2.45) is 0 Å². The number of fused-ring (bicyclic) bond motifs is 1. The second kappa shape index (κ2) is 3.37. The van der Waals surface area contributed by atoms with Crippen LogP contribution in [0.1, 0.15) is 18.4 Å². The lowest BCUT2D eigenvalue weighted by Crippen LogP contribution is -2.45. The number of rotatable bonds is 1. The van der Waals surface area contributed by atoms with E-state index in [1.807, 2.05) is 36.4 Å². The predicted molar refractivity (Wildman–Crippen MR) is 59.9 cm³/mol. The first kappa shape index (κ1) is 9.46. The van der Waals surface area contributed by atoms with Crippen molar-refractivity contribution in [3.8, 4) is 0 Å². The highest BCUT2D eigenvalue weighted by molar-refractivity contribution is 5.73. The van der Waals surface area contributed by atoms with Crippen LogP contribution < -0.4 is 5.32 Å². The molecule has 0 aromatic heterocycles. The summed E-state index contributed by atoms with van der Waals surface area (Å²) in [4.78, 5) is 11.4. The third-order valence-electron chi connectivity index (χ3n) is 3.35. The normalized spacial score (nSPS) is 31.8. The van der Waals surface area contributed by atoms with Crippen LogP contribution in [-0.2, 0) is 10.3 Å². The molecule has 1 aliphatic heterocycles. The van der Waals surface area contributed by atoms with Gasteiger partial charge in [-0.25, -0.2) is 4.79 Å². The average Bonchev–Trinajstić information content (AvgIpc) is 2.67. The summed E-state index contributed by atoms with van der Waals surface area (Å²) in [6.07, 6.45) is 5.43. The molecule has 82 valence electrons. The number of nitrogens with one attached hydrogen (secondary N) is 1. The Kier molecular flexibility index (Phi) is 1.99. The minimum Gasteiger partial charge on any atom is -0.439 e. The van der Waals surface area contributed by atoms with E-state index in [9.17, 15) is 4.79 Å². The SMILES string of the molecule is O=C1N[C@@]2(c3ccccc3)CCC=C[C@@H]2O1. The van der Waals surface area contributed by atoms with E-state index in [0.717, 1.165) is 18.4 Å². The summed E-state index contributed by atoms with van der Waals surface area (Å²) in [5.41, 5.74) is 0.766. The predicted octanol–water partition coefficient (Wildman–Crippen LogP) is 2.34. The molecule has 2 atom stereocenters. The Morgan fingerprint density at radius 2 is 2.12 bits per heavy atom. The van der Waals surface area contributed by atoms with E-state index >= 15 is 0 Å². The highest BCUT2D eigenvalue weighted by Crippen LogP contribution is 2.39. The van der Waals surface area contributed by atoms with Crippen molar-refractivity contribution < 1.29 is 9.53 Å². The van der Waals surface area contributed by atoms with Gasteiger partial charge in [-0.2, -0.15) is 0 Å². The monoisotopic (exact) mass is 215 g/mol. The van der Waals surface area contributed by atoms with Gasteiger partial charge in [0.1, 0.15) is 11.6 Å². The van der Waals surface area contributed by atoms with Crippen LogP contribution in [0.5, 0.6) is 0 Å². The number of hydrogen-bond acceptors (Lipinski definition) is 2. The van der Waals surface area contributed by atoms with Gasteiger partial charge in [0, 0.05) is 0 Å². The van der Waals surface area contributed by atoms with Crippen LogP contribution in [0.2, 0.25) is 0 Å². The van der Waals surface area contributed by atoms with E-state index in [1.165, 1.54) is 0 Å². The Hall–Kier alpha value is -1.77. The average molecular weight is 215 g/mol. The molecule has 0 radical (unpaired) electrons. The Bertz CT molecular complexity index is 441. The van der Waals surface area contributed by atoms with Gasteiger partial charge in [0.15, 0.2) is 0 Å². The van der Waals surface area contributed by atoms with E-state index in [4.69, 9.17) is 4.74 Å². The first-order valence-corrected chi connectivity index (χ1v) is 5.52. The first-order valence-electron chi connectivity index (χ1n) is 5.52. The van der Waals surface area contributed by atoms with E-state index in [0.29, 0.717) is 0 Å². The third-order valence-corrected chi connectivity index (χ3v) is 3.35. The number of ether oxygens (including phenoxy) is 1. The summed E-state index contributed by atoms with van der Waals surface area (Å²) >= 11 is 0. The standard InChI is InChI=1S/C13H13NO2/c15-12-14-13(10-6-2-1-3-7-10)9-5-4-8-11(13)16-12/h1-4,6-8,11H,5,9H2,(H,14,15)/t11-,13+/m0/s1. The van der Waals surface area contributed by atoms with Gasteiger partial charge in [-0.05, 0) is 24.5 Å². The number of alkyl carbamates (subject to hydrolysis) is 1. The molecule has 1 heterocycles. The molecule has 3 nitrogen and oxygen atoms in total. The summed E-state index contributed by atoms with van der Waals surface area (Å²) in [6.45, 7) is 0. The van der Waals surface area contributed by atoms with Gasteiger partial charge < -0.3 is 10.1 Å². The zero-order chi connectivity index (χ0) is 11.0. The van der Waals surface area contributed by atoms with Crippen molar-refractivity contribution in [2.75, 3.05) is 0 Å². The van der Waals surface area contributed by atoms with E-state index < -0.39 is 0 Å². The van der Waals surface area contributed by atoms with Crippen molar-refractivity contribution in [1.29, 1.82) is 0 Å². The molecule has 1 aromatic carbocycles. The molecule has 1 fully saturated rings. The number of benzene rings is 1. The molecule has 0 saturated carbocycles. The van der Waals surface area contributed by atoms with Crippen molar-refractivity contribution in [2.45, 2.75) is 24.5 Å². The minimum atomic E-state index is -0.354. The van der Waals surface area contributed by atoms with Crippen molar-refractivity contribution in [3.05, 3.63) is 48.0 Å². The van der Waals surface area contributed by atoms with Crippen molar-refractivity contribution >= 4 is 6.09 Å². The molecule has 1 aromatic rings. The molecule has 0 unspecified atom stereocenters. The van der Waals surface area contributed by atoms with Crippen LogP contribution in [0.4, 0.5) is 4.79 Å². The molecular formula is C13H13NO2. The highest BCUT2D eigenvalue weighted by atomic mass is 16.6. The lowest BCUT2D eigenvalue weighted by molar-refractivity contribution is 0.131. The van der Waals surface area contributed by atoms with Crippen molar-refractivity contribution in [1.82, 2.24) is 5.32 Å². The Morgan fingerprint density at radius 3 is 2.94 bits per heavy atom. The largest absolute Gasteiger partial charge is 0.439 e. The molecule has 1 amide bonds. The molecule has 2 aliphatic rings. The Balaban J connectivity index is 2.08. The van der Waals surface area contributed by atoms with Crippen LogP contribution in [0.25, 0.3) is 0 Å². The molecule has 3 heteroatoms. The van der Waals surface area contributed by atoms with Crippen LogP contribution in [-0.4, -0.2) is 12.2 Å². The van der Waals surface area contributed by atoms with E-state index in [-0.39, 0.29) is 17.7 Å². The molecule has 0 spiro atoms. The summed E-state index contributed by atoms with van der Waals surface area (Å²) in [6, 6.07) is 10.0. The summed E-state index contributed by atoms with van der Waals surface area (Å²) in [7, 11) is 0. The summed E-state index contributed by atoms with van der Waals surface area (Å²) in [5.74, 6) is 0. The lowest BCUT2D eigenvalue weighted by atomic mass is 9.78. The van der Waals surface area contributed by atoms with E-state index in [1.54, 1.807) is 0 Å². The van der Waals surface area contributed by atoms with E-state index in [2.05, 4.69) is 11.4 Å². The van der Waals surface area contributed by atoms with Crippen LogP contribution >= 0.6 is 0 Å². The summed E-state index contributed by atoms with van der Waals surface area (Å²) in [5, 5.41) is 2.97. The maximum atomic E-state index is 11.4. The van der Waals surface area contributed by atoms with Gasteiger partial charge in [0.25, 0.3) is 0 Å². The van der Waals surface area contributed by atoms with Gasteiger partial charge >= 0.3 is 6.09 Å². The fraction of sp³-hybridized carbons (Fsp3) is 0.308. The number of amides is 1. The Morgan fingerprint density at radius 1 is 1.31 bits per heavy atom. The summed E-state index contributed by atoms with van der Waals surface area (Å²) < 4.78 is 5.29. The number of hydrogen-bond donors (Lipinski definition) is 1. The second-order valence-corrected chi connectivity index (χ2v) is 4.26. The smallest absolute Gasteiger partial charge is 0.408 e. The highest BCUT2D eigenvalue weighted by Gasteiger charge is 2.49. The maximum absolute atomic E-state index is 11.4. The fourth-order valence-electron chi connectivity index (χ4n) is 2.55. The van der Waals surface area contributed by atoms with Crippen LogP contribution in [0, 0.1) is 0 Å². The number of allylic oxidation sites excluding steroid dienone is 1. The van der Waals surface area contributed by atoms with Gasteiger partial charge in [-0.15, -0.1) is 0 Å². The fourth-order valence-corrected chi connectivity index (χ4v) is 2.55. The number of carbonyl (C=O) groups excluding carboxylic acids is 1. The molecule has 1 N–H and O–H groups in total. The quantitative estimate of drug-likeness (QED) is 0.730. The number of carbonyl (C=O) groups is 1. The molecule has 1 aliphatic carbocycles. The van der Waals surface area contributed by atoms with Gasteiger partial charge in [0.05, 0.1) is 0 Å². The zero-order valence-electron chi connectivity index (χ0n) is 8.85. The van der Waals surface area contributed by atoms with Crippen LogP contribution in [0.3, 0.4) is 0 Å². The minimum absolute atomic E-state index is 0.170. The molecule has 1 saturated heterocycles. The van der Waals surface area contributed by atoms with Gasteiger partial charge in [0.2, 0.25) is 0 Å². The van der Waals surface area contributed by atoms with Crippen LogP contribution in [0.15, 0.2) is 42.5 Å². The molecule has 16 heavy (non-hydrogen) atoms. The third kappa shape index (κ3) is 1.24. The van der Waals surface area contributed by atoms with Crippen molar-refractivity contribution in [3.63, 3.8) is 0 Å². The van der Waals surface area contributed by atoms with Gasteiger partial charge in [-0.1, -0.05) is 36.4 Å². The first-order chi connectivity index (χ1) is 7.81. The topological polar surface area (TPSA) is 38.3 Å². The van der Waals surface area contributed by atoms with Gasteiger partial charge in [-0.3, -0.25) is 0 Å². The maximum Gasteiger partial charge on any atom is 0.408 e. The molecule has 0 bridgehead atoms. The Labute approximate surface area is 94.1 Å². The molecular weight excluding hydrogens is 202 g/mol. The molecule has 3 rings (SSSR count).